The van der Waals surface area contributed by atoms with Gasteiger partial charge in [0.05, 0.1) is 10.3 Å². The summed E-state index contributed by atoms with van der Waals surface area (Å²) in [6, 6.07) is 13.2. The molecule has 1 fully saturated rings. The Balaban J connectivity index is 1.63. The molecule has 3 rings (SSSR count). The number of benzene rings is 1. The third-order valence-corrected chi connectivity index (χ3v) is 8.14. The first-order valence-electron chi connectivity index (χ1n) is 10.4. The first kappa shape index (κ1) is 22.8. The van der Waals surface area contributed by atoms with Gasteiger partial charge in [0, 0.05) is 32.4 Å². The van der Waals surface area contributed by atoms with Crippen molar-refractivity contribution in [2.24, 2.45) is 0 Å². The molecule has 0 N–H and O–H groups in total. The highest BCUT2D eigenvalue weighted by Crippen LogP contribution is 2.26. The second kappa shape index (κ2) is 10.4. The molecule has 2 aromatic rings. The Bertz CT molecular complexity index is 928. The maximum atomic E-state index is 12.9. The lowest BCUT2D eigenvalue weighted by molar-refractivity contribution is -0.130. The third-order valence-electron chi connectivity index (χ3n) is 5.22. The molecule has 8 heteroatoms. The van der Waals surface area contributed by atoms with Gasteiger partial charge in [-0.3, -0.25) is 4.79 Å². The SMILES string of the molecule is CCN(Cc1ccccc1)C(=O)C(C)Sc1ccc(S(=O)(=O)N2CCCCC2)cn1. The van der Waals surface area contributed by atoms with Crippen molar-refractivity contribution in [3.63, 3.8) is 0 Å². The molecule has 162 valence electrons. The van der Waals surface area contributed by atoms with Gasteiger partial charge in [-0.1, -0.05) is 48.5 Å². The van der Waals surface area contributed by atoms with E-state index in [9.17, 15) is 13.2 Å². The van der Waals surface area contributed by atoms with E-state index in [-0.39, 0.29) is 16.1 Å². The van der Waals surface area contributed by atoms with Crippen molar-refractivity contribution in [3.8, 4) is 0 Å². The second-order valence-electron chi connectivity index (χ2n) is 7.39. The fourth-order valence-corrected chi connectivity index (χ4v) is 5.82. The van der Waals surface area contributed by atoms with Crippen LogP contribution in [-0.4, -0.2) is 53.4 Å². The van der Waals surface area contributed by atoms with E-state index in [1.165, 1.54) is 22.3 Å². The molecular formula is C22H29N3O3S2. The van der Waals surface area contributed by atoms with Crippen LogP contribution in [0.3, 0.4) is 0 Å². The summed E-state index contributed by atoms with van der Waals surface area (Å²) < 4.78 is 27.0. The number of carbonyl (C=O) groups is 1. The van der Waals surface area contributed by atoms with Crippen molar-refractivity contribution in [1.29, 1.82) is 0 Å². The predicted octanol–water partition coefficient (Wildman–Crippen LogP) is 3.79. The van der Waals surface area contributed by atoms with Gasteiger partial charge in [-0.15, -0.1) is 0 Å². The number of carbonyl (C=O) groups excluding carboxylic acids is 1. The zero-order chi connectivity index (χ0) is 21.6. The van der Waals surface area contributed by atoms with Crippen LogP contribution >= 0.6 is 11.8 Å². The predicted molar refractivity (Wildman–Crippen MR) is 120 cm³/mol. The van der Waals surface area contributed by atoms with Crippen molar-refractivity contribution >= 4 is 27.7 Å². The topological polar surface area (TPSA) is 70.6 Å². The van der Waals surface area contributed by atoms with E-state index in [0.717, 1.165) is 24.8 Å². The number of aromatic nitrogens is 1. The Morgan fingerprint density at radius 2 is 1.83 bits per heavy atom. The zero-order valence-corrected chi connectivity index (χ0v) is 19.2. The Labute approximate surface area is 183 Å². The van der Waals surface area contributed by atoms with Crippen LogP contribution in [0.1, 0.15) is 38.7 Å². The van der Waals surface area contributed by atoms with Crippen molar-refractivity contribution in [1.82, 2.24) is 14.2 Å². The van der Waals surface area contributed by atoms with Gasteiger partial charge in [-0.05, 0) is 44.4 Å². The standard InChI is InChI=1S/C22H29N3O3S2/c1-3-24(17-19-10-6-4-7-11-19)22(26)18(2)29-21-13-12-20(16-23-21)30(27,28)25-14-8-5-9-15-25/h4,6-7,10-13,16,18H,3,5,8-9,14-15,17H2,1-2H3. The fraction of sp³-hybridized carbons (Fsp3) is 0.455. The monoisotopic (exact) mass is 447 g/mol. The van der Waals surface area contributed by atoms with Crippen molar-refractivity contribution in [2.45, 2.75) is 54.8 Å². The molecule has 1 amide bonds. The summed E-state index contributed by atoms with van der Waals surface area (Å²) in [5.41, 5.74) is 1.09. The van der Waals surface area contributed by atoms with Gasteiger partial charge in [0.2, 0.25) is 15.9 Å². The molecule has 0 aliphatic carbocycles. The Hall–Kier alpha value is -1.90. The fourth-order valence-electron chi connectivity index (χ4n) is 3.48. The van der Waals surface area contributed by atoms with Gasteiger partial charge in [0.25, 0.3) is 0 Å². The maximum Gasteiger partial charge on any atom is 0.244 e. The highest BCUT2D eigenvalue weighted by Gasteiger charge is 2.26. The molecule has 1 atom stereocenters. The van der Waals surface area contributed by atoms with Crippen molar-refractivity contribution < 1.29 is 13.2 Å². The highest BCUT2D eigenvalue weighted by molar-refractivity contribution is 8.00. The molecule has 0 bridgehead atoms. The molecule has 30 heavy (non-hydrogen) atoms. The van der Waals surface area contributed by atoms with Crippen LogP contribution in [0, 0.1) is 0 Å². The Morgan fingerprint density at radius 1 is 1.13 bits per heavy atom. The highest BCUT2D eigenvalue weighted by atomic mass is 32.2. The van der Waals surface area contributed by atoms with Gasteiger partial charge >= 0.3 is 0 Å². The van der Waals surface area contributed by atoms with E-state index in [2.05, 4.69) is 4.98 Å². The summed E-state index contributed by atoms with van der Waals surface area (Å²) in [5.74, 6) is 0.0400. The van der Waals surface area contributed by atoms with Crippen LogP contribution in [0.4, 0.5) is 0 Å². The molecule has 0 spiro atoms. The first-order valence-corrected chi connectivity index (χ1v) is 12.7. The summed E-state index contributed by atoms with van der Waals surface area (Å²) in [4.78, 5) is 19.2. The van der Waals surface area contributed by atoms with Gasteiger partial charge < -0.3 is 4.90 Å². The number of amides is 1. The number of pyridine rings is 1. The van der Waals surface area contributed by atoms with Crippen LogP contribution in [-0.2, 0) is 21.4 Å². The van der Waals surface area contributed by atoms with Crippen LogP contribution in [0.25, 0.3) is 0 Å². The number of hydrogen-bond acceptors (Lipinski definition) is 5. The summed E-state index contributed by atoms with van der Waals surface area (Å²) in [6.45, 7) is 6.16. The van der Waals surface area contributed by atoms with Crippen LogP contribution < -0.4 is 0 Å². The number of hydrogen-bond donors (Lipinski definition) is 0. The quantitative estimate of drug-likeness (QED) is 0.576. The van der Waals surface area contributed by atoms with Gasteiger partial charge in [-0.2, -0.15) is 4.31 Å². The lowest BCUT2D eigenvalue weighted by Gasteiger charge is -2.26. The van der Waals surface area contributed by atoms with E-state index in [1.54, 1.807) is 12.1 Å². The Morgan fingerprint density at radius 3 is 2.43 bits per heavy atom. The number of piperidine rings is 1. The van der Waals surface area contributed by atoms with E-state index in [1.807, 2.05) is 49.1 Å². The number of thioether (sulfide) groups is 1. The van der Waals surface area contributed by atoms with Crippen LogP contribution in [0.15, 0.2) is 58.6 Å². The molecule has 0 saturated carbocycles. The number of nitrogens with zero attached hydrogens (tertiary/aromatic N) is 3. The molecule has 1 aromatic heterocycles. The van der Waals surface area contributed by atoms with Crippen molar-refractivity contribution in [3.05, 3.63) is 54.2 Å². The minimum absolute atomic E-state index is 0.0400. The third kappa shape index (κ3) is 5.62. The summed E-state index contributed by atoms with van der Waals surface area (Å²) >= 11 is 1.35. The molecule has 0 radical (unpaired) electrons. The maximum absolute atomic E-state index is 12.9. The van der Waals surface area contributed by atoms with Crippen LogP contribution in [0.5, 0.6) is 0 Å². The van der Waals surface area contributed by atoms with Gasteiger partial charge in [0.15, 0.2) is 0 Å². The Kier molecular flexibility index (Phi) is 7.91. The zero-order valence-electron chi connectivity index (χ0n) is 17.5. The van der Waals surface area contributed by atoms with Gasteiger partial charge in [0.1, 0.15) is 4.90 Å². The normalized spacial score (nSPS) is 16.2. The smallest absolute Gasteiger partial charge is 0.244 e. The molecule has 6 nitrogen and oxygen atoms in total. The van der Waals surface area contributed by atoms with Gasteiger partial charge in [-0.25, -0.2) is 13.4 Å². The summed E-state index contributed by atoms with van der Waals surface area (Å²) in [7, 11) is -3.49. The molecular weight excluding hydrogens is 418 g/mol. The minimum atomic E-state index is -3.49. The summed E-state index contributed by atoms with van der Waals surface area (Å²) in [5, 5.41) is 0.329. The first-order chi connectivity index (χ1) is 14.4. The minimum Gasteiger partial charge on any atom is -0.338 e. The lowest BCUT2D eigenvalue weighted by Crippen LogP contribution is -2.36. The molecule has 2 heterocycles. The van der Waals surface area contributed by atoms with E-state index < -0.39 is 10.0 Å². The second-order valence-corrected chi connectivity index (χ2v) is 10.7. The molecule has 1 aliphatic heterocycles. The lowest BCUT2D eigenvalue weighted by atomic mass is 10.2. The molecule has 1 aliphatic rings. The largest absolute Gasteiger partial charge is 0.338 e. The van der Waals surface area contributed by atoms with E-state index >= 15 is 0 Å². The number of sulfonamides is 1. The molecule has 1 unspecified atom stereocenters. The number of rotatable bonds is 8. The van der Waals surface area contributed by atoms with E-state index in [4.69, 9.17) is 0 Å². The average molecular weight is 448 g/mol. The van der Waals surface area contributed by atoms with Crippen LogP contribution in [0.2, 0.25) is 0 Å². The molecule has 1 aromatic carbocycles. The van der Waals surface area contributed by atoms with E-state index in [0.29, 0.717) is 31.2 Å². The molecule has 1 saturated heterocycles. The average Bonchev–Trinajstić information content (AvgIpc) is 2.78. The summed E-state index contributed by atoms with van der Waals surface area (Å²) in [6.07, 6.45) is 4.28. The van der Waals surface area contributed by atoms with Crippen molar-refractivity contribution in [2.75, 3.05) is 19.6 Å².